The second-order valence-electron chi connectivity index (χ2n) is 7.39. The van der Waals surface area contributed by atoms with Gasteiger partial charge in [0.25, 0.3) is 0 Å². The number of rotatable bonds is 21. The molecule has 1 atom stereocenters. The Kier molecular flexibility index (Phi) is 19.4. The van der Waals surface area contributed by atoms with Crippen molar-refractivity contribution in [3.8, 4) is 0 Å². The van der Waals surface area contributed by atoms with E-state index >= 15 is 0 Å². The zero-order chi connectivity index (χ0) is 20.2. The molecule has 6 heteroatoms. The largest absolute Gasteiger partial charge is 0.500 e. The van der Waals surface area contributed by atoms with E-state index in [-0.39, 0.29) is 0 Å². The number of nitrogens with two attached hydrogens (primary N) is 2. The van der Waals surface area contributed by atoms with Crippen molar-refractivity contribution in [2.24, 2.45) is 11.5 Å². The van der Waals surface area contributed by atoms with Gasteiger partial charge in [-0.3, -0.25) is 0 Å². The van der Waals surface area contributed by atoms with Gasteiger partial charge in [0.2, 0.25) is 0 Å². The molecule has 0 spiro atoms. The van der Waals surface area contributed by atoms with E-state index in [1.165, 1.54) is 57.8 Å². The SMILES string of the molecule is CCO[Si](CCCCCCCCCCCCC(N)CCN)(OCC)OCC. The molecule has 0 radical (unpaired) electrons. The van der Waals surface area contributed by atoms with Crippen LogP contribution in [0.1, 0.15) is 97.8 Å². The van der Waals surface area contributed by atoms with Crippen molar-refractivity contribution in [3.05, 3.63) is 0 Å². The van der Waals surface area contributed by atoms with E-state index in [1.807, 2.05) is 20.8 Å². The molecule has 0 aromatic carbocycles. The Hall–Kier alpha value is 0.0169. The van der Waals surface area contributed by atoms with Gasteiger partial charge in [0, 0.05) is 31.9 Å². The molecule has 0 heterocycles. The van der Waals surface area contributed by atoms with Crippen molar-refractivity contribution < 1.29 is 13.3 Å². The van der Waals surface area contributed by atoms with Gasteiger partial charge in [-0.25, -0.2) is 0 Å². The highest BCUT2D eigenvalue weighted by molar-refractivity contribution is 6.60. The van der Waals surface area contributed by atoms with E-state index in [1.54, 1.807) is 0 Å². The molecule has 1 unspecified atom stereocenters. The normalized spacial score (nSPS) is 13.2. The first-order chi connectivity index (χ1) is 13.1. The second-order valence-corrected chi connectivity index (χ2v) is 10.1. The third-order valence-electron chi connectivity index (χ3n) is 4.94. The van der Waals surface area contributed by atoms with Gasteiger partial charge in [-0.05, 0) is 46.6 Å². The van der Waals surface area contributed by atoms with Crippen LogP contribution in [0.5, 0.6) is 0 Å². The first kappa shape index (κ1) is 27.0. The minimum absolute atomic E-state index is 0.310. The Morgan fingerprint density at radius 1 is 0.630 bits per heavy atom. The topological polar surface area (TPSA) is 79.7 Å². The summed E-state index contributed by atoms with van der Waals surface area (Å²) >= 11 is 0. The maximum atomic E-state index is 5.98. The van der Waals surface area contributed by atoms with Gasteiger partial charge in [0.15, 0.2) is 0 Å². The Balaban J connectivity index is 3.57. The molecule has 27 heavy (non-hydrogen) atoms. The number of unbranched alkanes of at least 4 members (excludes halogenated alkanes) is 9. The molecule has 0 saturated carbocycles. The molecule has 0 rings (SSSR count). The molecule has 0 aromatic rings. The molecule has 0 bridgehead atoms. The molecule has 164 valence electrons. The number of hydrogen-bond acceptors (Lipinski definition) is 5. The lowest BCUT2D eigenvalue weighted by Gasteiger charge is -2.28. The Labute approximate surface area is 170 Å². The van der Waals surface area contributed by atoms with E-state index in [2.05, 4.69) is 0 Å². The summed E-state index contributed by atoms with van der Waals surface area (Å²) in [6.45, 7) is 8.80. The van der Waals surface area contributed by atoms with Crippen LogP contribution in [0.15, 0.2) is 0 Å². The maximum Gasteiger partial charge on any atom is 0.500 e. The molecule has 4 N–H and O–H groups in total. The van der Waals surface area contributed by atoms with Crippen molar-refractivity contribution in [3.63, 3.8) is 0 Å². The average Bonchev–Trinajstić information content (AvgIpc) is 2.63. The standard InChI is InChI=1S/C21H48N2O3Si/c1-4-24-27(25-5-2,26-6-3)20-16-14-12-10-8-7-9-11-13-15-17-21(23)18-19-22/h21H,4-20,22-23H2,1-3H3. The molecular weight excluding hydrogens is 356 g/mol. The lowest BCUT2D eigenvalue weighted by Crippen LogP contribution is -2.45. The van der Waals surface area contributed by atoms with E-state index in [9.17, 15) is 0 Å². The van der Waals surface area contributed by atoms with Crippen LogP contribution in [0.2, 0.25) is 6.04 Å². The van der Waals surface area contributed by atoms with Crippen LogP contribution in [0, 0.1) is 0 Å². The van der Waals surface area contributed by atoms with Crippen molar-refractivity contribution >= 4 is 8.80 Å². The molecule has 0 aliphatic carbocycles. The molecular formula is C21H48N2O3Si. The van der Waals surface area contributed by atoms with Crippen LogP contribution >= 0.6 is 0 Å². The van der Waals surface area contributed by atoms with Gasteiger partial charge in [0.1, 0.15) is 0 Å². The predicted molar refractivity (Wildman–Crippen MR) is 118 cm³/mol. The van der Waals surface area contributed by atoms with Gasteiger partial charge in [-0.2, -0.15) is 0 Å². The number of hydrogen-bond donors (Lipinski definition) is 2. The minimum Gasteiger partial charge on any atom is -0.374 e. The summed E-state index contributed by atoms with van der Waals surface area (Å²) < 4.78 is 17.7. The van der Waals surface area contributed by atoms with Gasteiger partial charge >= 0.3 is 8.80 Å². The van der Waals surface area contributed by atoms with Crippen LogP contribution in [-0.2, 0) is 13.3 Å². The summed E-state index contributed by atoms with van der Waals surface area (Å²) in [5.41, 5.74) is 11.5. The summed E-state index contributed by atoms with van der Waals surface area (Å²) in [6.07, 6.45) is 15.1. The van der Waals surface area contributed by atoms with E-state index < -0.39 is 8.80 Å². The third kappa shape index (κ3) is 15.6. The van der Waals surface area contributed by atoms with Crippen LogP contribution in [-0.4, -0.2) is 41.2 Å². The van der Waals surface area contributed by atoms with Crippen LogP contribution in [0.3, 0.4) is 0 Å². The van der Waals surface area contributed by atoms with Gasteiger partial charge in [-0.15, -0.1) is 0 Å². The summed E-state index contributed by atoms with van der Waals surface area (Å²) in [5, 5.41) is 0. The molecule has 0 aliphatic rings. The summed E-state index contributed by atoms with van der Waals surface area (Å²) in [4.78, 5) is 0. The van der Waals surface area contributed by atoms with E-state index in [0.29, 0.717) is 32.4 Å². The second kappa shape index (κ2) is 19.3. The van der Waals surface area contributed by atoms with Gasteiger partial charge < -0.3 is 24.7 Å². The minimum atomic E-state index is -2.42. The van der Waals surface area contributed by atoms with Crippen LogP contribution in [0.25, 0.3) is 0 Å². The highest BCUT2D eigenvalue weighted by Gasteiger charge is 2.39. The van der Waals surface area contributed by atoms with E-state index in [4.69, 9.17) is 24.7 Å². The van der Waals surface area contributed by atoms with E-state index in [0.717, 1.165) is 25.3 Å². The lowest BCUT2D eigenvalue weighted by atomic mass is 10.0. The summed E-state index contributed by atoms with van der Waals surface area (Å²) in [7, 11) is -2.42. The van der Waals surface area contributed by atoms with Crippen molar-refractivity contribution in [1.29, 1.82) is 0 Å². The molecule has 0 amide bonds. The van der Waals surface area contributed by atoms with Crippen molar-refractivity contribution in [2.45, 2.75) is 110 Å². The Morgan fingerprint density at radius 3 is 1.44 bits per heavy atom. The predicted octanol–water partition coefficient (Wildman–Crippen LogP) is 5.00. The molecule has 0 aromatic heterocycles. The molecule has 0 fully saturated rings. The average molecular weight is 405 g/mol. The van der Waals surface area contributed by atoms with Crippen molar-refractivity contribution in [1.82, 2.24) is 0 Å². The Morgan fingerprint density at radius 2 is 1.04 bits per heavy atom. The fourth-order valence-electron chi connectivity index (χ4n) is 3.52. The summed E-state index contributed by atoms with van der Waals surface area (Å²) in [6, 6.07) is 1.26. The first-order valence-electron chi connectivity index (χ1n) is 11.5. The highest BCUT2D eigenvalue weighted by atomic mass is 28.4. The van der Waals surface area contributed by atoms with Crippen LogP contribution < -0.4 is 11.5 Å². The van der Waals surface area contributed by atoms with Gasteiger partial charge in [0.05, 0.1) is 0 Å². The zero-order valence-corrected chi connectivity index (χ0v) is 19.5. The maximum absolute atomic E-state index is 5.98. The Bertz CT molecular complexity index is 292. The molecule has 0 saturated heterocycles. The molecule has 5 nitrogen and oxygen atoms in total. The molecule has 0 aliphatic heterocycles. The van der Waals surface area contributed by atoms with Crippen molar-refractivity contribution in [2.75, 3.05) is 26.4 Å². The quantitative estimate of drug-likeness (QED) is 0.208. The first-order valence-corrected chi connectivity index (χ1v) is 13.4. The zero-order valence-electron chi connectivity index (χ0n) is 18.5. The third-order valence-corrected chi connectivity index (χ3v) is 8.09. The fourth-order valence-corrected chi connectivity index (χ4v) is 6.21. The lowest BCUT2D eigenvalue weighted by molar-refractivity contribution is 0.0706. The summed E-state index contributed by atoms with van der Waals surface area (Å²) in [5.74, 6) is 0. The smallest absolute Gasteiger partial charge is 0.374 e. The monoisotopic (exact) mass is 404 g/mol. The van der Waals surface area contributed by atoms with Crippen LogP contribution in [0.4, 0.5) is 0 Å². The highest BCUT2D eigenvalue weighted by Crippen LogP contribution is 2.21. The fraction of sp³-hybridized carbons (Fsp3) is 1.00. The van der Waals surface area contributed by atoms with Gasteiger partial charge in [-0.1, -0.05) is 57.8 Å².